The molecule has 1 radical (unpaired) electrons. The summed E-state index contributed by atoms with van der Waals surface area (Å²) in [5, 5.41) is 0.900. The van der Waals surface area contributed by atoms with Gasteiger partial charge in [0.1, 0.15) is 0 Å². The largest absolute Gasteiger partial charge is 0.354 e. The fourth-order valence-electron chi connectivity index (χ4n) is 2.07. The SMILES string of the molecule is [NH]C(=O)c1ccc2[nH]c3ccccc3cc-2c1=O. The Balaban J connectivity index is 2.45. The van der Waals surface area contributed by atoms with Gasteiger partial charge in [-0.15, -0.1) is 0 Å². The van der Waals surface area contributed by atoms with Crippen LogP contribution in [0.4, 0.5) is 0 Å². The Bertz CT molecular complexity index is 789. The number of aromatic amines is 1. The van der Waals surface area contributed by atoms with Crippen LogP contribution in [0.15, 0.2) is 47.3 Å². The fraction of sp³-hybridized carbons (Fsp3) is 0. The molecule has 4 nitrogen and oxygen atoms in total. The molecule has 0 unspecified atom stereocenters. The predicted molar refractivity (Wildman–Crippen MR) is 68.6 cm³/mol. The number of H-pyrrole nitrogens is 1. The van der Waals surface area contributed by atoms with Crippen molar-refractivity contribution in [3.05, 3.63) is 58.3 Å². The number of hydrogen-bond donors (Lipinski definition) is 1. The van der Waals surface area contributed by atoms with Crippen molar-refractivity contribution in [3.8, 4) is 11.3 Å². The van der Waals surface area contributed by atoms with E-state index in [-0.39, 0.29) is 5.56 Å². The minimum atomic E-state index is -0.949. The lowest BCUT2D eigenvalue weighted by Gasteiger charge is -2.08. The smallest absolute Gasteiger partial charge is 0.273 e. The van der Waals surface area contributed by atoms with Gasteiger partial charge in [-0.2, -0.15) is 0 Å². The van der Waals surface area contributed by atoms with E-state index in [1.807, 2.05) is 24.3 Å². The lowest BCUT2D eigenvalue weighted by molar-refractivity contribution is 0.0991. The monoisotopic (exact) mass is 237 g/mol. The molecule has 4 heteroatoms. The molecule has 87 valence electrons. The zero-order valence-corrected chi connectivity index (χ0v) is 9.36. The van der Waals surface area contributed by atoms with Gasteiger partial charge in [0.05, 0.1) is 5.56 Å². The van der Waals surface area contributed by atoms with Crippen molar-refractivity contribution < 1.29 is 4.79 Å². The van der Waals surface area contributed by atoms with E-state index in [1.54, 1.807) is 12.1 Å². The van der Waals surface area contributed by atoms with Crippen LogP contribution in [0, 0.1) is 0 Å². The Morgan fingerprint density at radius 3 is 2.67 bits per heavy atom. The molecule has 2 N–H and O–H groups in total. The highest BCUT2D eigenvalue weighted by Crippen LogP contribution is 2.22. The van der Waals surface area contributed by atoms with E-state index < -0.39 is 11.3 Å². The zero-order chi connectivity index (χ0) is 12.7. The van der Waals surface area contributed by atoms with Gasteiger partial charge in [0.15, 0.2) is 0 Å². The number of benzene rings is 2. The molecule has 0 aromatic heterocycles. The van der Waals surface area contributed by atoms with E-state index in [0.717, 1.165) is 10.9 Å². The van der Waals surface area contributed by atoms with Crippen LogP contribution in [-0.2, 0) is 0 Å². The van der Waals surface area contributed by atoms with Crippen LogP contribution in [0.1, 0.15) is 10.4 Å². The number of carbonyl (C=O) groups is 1. The van der Waals surface area contributed by atoms with Crippen LogP contribution in [-0.4, -0.2) is 10.9 Å². The third-order valence-electron chi connectivity index (χ3n) is 2.97. The Labute approximate surface area is 102 Å². The topological polar surface area (TPSA) is 73.7 Å². The van der Waals surface area contributed by atoms with Gasteiger partial charge in [-0.05, 0) is 29.7 Å². The number of fused-ring (bicyclic) bond motifs is 2. The lowest BCUT2D eigenvalue weighted by atomic mass is 10.0. The molecular formula is C14H9N2O2. The number of nitrogens with one attached hydrogen (secondary N) is 2. The molecule has 1 aliphatic carbocycles. The van der Waals surface area contributed by atoms with Crippen LogP contribution in [0.25, 0.3) is 22.2 Å². The van der Waals surface area contributed by atoms with Crippen LogP contribution >= 0.6 is 0 Å². The molecule has 0 fully saturated rings. The van der Waals surface area contributed by atoms with E-state index in [1.165, 1.54) is 6.07 Å². The summed E-state index contributed by atoms with van der Waals surface area (Å²) in [7, 11) is 0. The number of hydrogen-bond acceptors (Lipinski definition) is 2. The molecule has 2 aliphatic rings. The van der Waals surface area contributed by atoms with Crippen LogP contribution in [0.3, 0.4) is 0 Å². The molecule has 0 spiro atoms. The second-order valence-electron chi connectivity index (χ2n) is 4.09. The number of rotatable bonds is 1. The Hall–Kier alpha value is -2.62. The summed E-state index contributed by atoms with van der Waals surface area (Å²) in [5.41, 5.74) is 8.60. The summed E-state index contributed by atoms with van der Waals surface area (Å²) in [6.07, 6.45) is 0. The van der Waals surface area contributed by atoms with E-state index in [9.17, 15) is 9.59 Å². The van der Waals surface area contributed by atoms with Gasteiger partial charge in [0.2, 0.25) is 5.43 Å². The van der Waals surface area contributed by atoms with E-state index in [4.69, 9.17) is 5.73 Å². The maximum atomic E-state index is 12.1. The molecule has 1 aromatic carbocycles. The van der Waals surface area contributed by atoms with Crippen LogP contribution in [0.5, 0.6) is 0 Å². The van der Waals surface area contributed by atoms with Gasteiger partial charge in [0.25, 0.3) is 5.91 Å². The summed E-state index contributed by atoms with van der Waals surface area (Å²) in [5.74, 6) is -0.949. The summed E-state index contributed by atoms with van der Waals surface area (Å²) < 4.78 is 0. The average Bonchev–Trinajstić information content (AvgIpc) is 2.37. The second kappa shape index (κ2) is 3.70. The fourth-order valence-corrected chi connectivity index (χ4v) is 2.07. The molecule has 0 saturated heterocycles. The quantitative estimate of drug-likeness (QED) is 0.658. The zero-order valence-electron chi connectivity index (χ0n) is 9.36. The molecule has 0 atom stereocenters. The van der Waals surface area contributed by atoms with Crippen molar-refractivity contribution >= 4 is 16.8 Å². The number of amides is 1. The molecule has 1 heterocycles. The van der Waals surface area contributed by atoms with Crippen molar-refractivity contribution in [2.24, 2.45) is 0 Å². The minimum absolute atomic E-state index is 0.0915. The standard InChI is InChI=1S/C14H9N2O2/c15-14(18)9-5-6-12-10(13(9)17)7-8-3-1-2-4-11(8)16-12/h1-7,15-16H. The molecular weight excluding hydrogens is 228 g/mol. The normalized spacial score (nSPS) is 10.9. The first-order valence-electron chi connectivity index (χ1n) is 5.47. The maximum absolute atomic E-state index is 12.1. The van der Waals surface area contributed by atoms with Crippen molar-refractivity contribution in [3.63, 3.8) is 0 Å². The minimum Gasteiger partial charge on any atom is -0.354 e. The van der Waals surface area contributed by atoms with Crippen molar-refractivity contribution in [1.82, 2.24) is 10.7 Å². The van der Waals surface area contributed by atoms with Gasteiger partial charge in [-0.3, -0.25) is 15.3 Å². The number of para-hydroxylation sites is 1. The lowest BCUT2D eigenvalue weighted by Crippen LogP contribution is -2.18. The first-order chi connectivity index (χ1) is 8.66. The van der Waals surface area contributed by atoms with Crippen LogP contribution < -0.4 is 11.2 Å². The van der Waals surface area contributed by atoms with Gasteiger partial charge >= 0.3 is 0 Å². The highest BCUT2D eigenvalue weighted by Gasteiger charge is 2.14. The molecule has 1 aromatic rings. The highest BCUT2D eigenvalue weighted by molar-refractivity contribution is 5.95. The van der Waals surface area contributed by atoms with Gasteiger partial charge < -0.3 is 4.98 Å². The molecule has 18 heavy (non-hydrogen) atoms. The van der Waals surface area contributed by atoms with E-state index >= 15 is 0 Å². The van der Waals surface area contributed by atoms with Crippen molar-refractivity contribution in [2.45, 2.75) is 0 Å². The Morgan fingerprint density at radius 2 is 1.89 bits per heavy atom. The summed E-state index contributed by atoms with van der Waals surface area (Å²) in [4.78, 5) is 26.2. The predicted octanol–water partition coefficient (Wildman–Crippen LogP) is 2.06. The number of carbonyl (C=O) groups excluding carboxylic acids is 1. The first-order valence-corrected chi connectivity index (χ1v) is 5.47. The molecule has 0 bridgehead atoms. The van der Waals surface area contributed by atoms with Gasteiger partial charge in [-0.25, -0.2) is 0 Å². The summed E-state index contributed by atoms with van der Waals surface area (Å²) in [6, 6.07) is 12.4. The molecule has 3 rings (SSSR count). The van der Waals surface area contributed by atoms with Gasteiger partial charge in [-0.1, -0.05) is 18.2 Å². The molecule has 1 aliphatic heterocycles. The first kappa shape index (κ1) is 10.5. The van der Waals surface area contributed by atoms with Crippen molar-refractivity contribution in [1.29, 1.82) is 0 Å². The Morgan fingerprint density at radius 1 is 1.11 bits per heavy atom. The van der Waals surface area contributed by atoms with Gasteiger partial charge in [0, 0.05) is 16.8 Å². The summed E-state index contributed by atoms with van der Waals surface area (Å²) >= 11 is 0. The molecule has 1 amide bonds. The number of pyridine rings is 1. The summed E-state index contributed by atoms with van der Waals surface area (Å²) in [6.45, 7) is 0. The molecule has 0 saturated carbocycles. The third-order valence-corrected chi connectivity index (χ3v) is 2.97. The Kier molecular flexibility index (Phi) is 2.16. The highest BCUT2D eigenvalue weighted by atomic mass is 16.2. The number of aromatic nitrogens is 1. The van der Waals surface area contributed by atoms with Crippen molar-refractivity contribution in [2.75, 3.05) is 0 Å². The van der Waals surface area contributed by atoms with E-state index in [0.29, 0.717) is 11.3 Å². The van der Waals surface area contributed by atoms with Crippen LogP contribution in [0.2, 0.25) is 0 Å². The third kappa shape index (κ3) is 1.47. The second-order valence-corrected chi connectivity index (χ2v) is 4.09. The maximum Gasteiger partial charge on any atom is 0.273 e. The average molecular weight is 237 g/mol. The van der Waals surface area contributed by atoms with E-state index in [2.05, 4.69) is 4.98 Å².